The first-order chi connectivity index (χ1) is 10.1. The van der Waals surface area contributed by atoms with Crippen LogP contribution >= 0.6 is 11.3 Å². The van der Waals surface area contributed by atoms with Crippen LogP contribution in [0.3, 0.4) is 0 Å². The van der Waals surface area contributed by atoms with E-state index in [0.717, 1.165) is 4.70 Å². The highest BCUT2D eigenvalue weighted by molar-refractivity contribution is 7.16. The lowest BCUT2D eigenvalue weighted by Crippen LogP contribution is -1.87. The highest BCUT2D eigenvalue weighted by Gasteiger charge is 2.12. The van der Waals surface area contributed by atoms with Crippen molar-refractivity contribution in [1.29, 1.82) is 0 Å². The first-order valence-corrected chi connectivity index (χ1v) is 7.16. The molecule has 6 heteroatoms. The molecule has 0 fully saturated rings. The fraction of sp³-hybridized carbons (Fsp3) is 0.0667. The Bertz CT molecular complexity index is 987. The number of rotatable bonds is 1. The Morgan fingerprint density at radius 1 is 1.00 bits per heavy atom. The summed E-state index contributed by atoms with van der Waals surface area (Å²) in [6.07, 6.45) is 1.74. The maximum absolute atomic E-state index is 14.1. The molecule has 2 heterocycles. The Morgan fingerprint density at radius 3 is 2.52 bits per heavy atom. The van der Waals surface area contributed by atoms with E-state index in [1.54, 1.807) is 23.4 Å². The van der Waals surface area contributed by atoms with E-state index in [2.05, 4.69) is 10.1 Å². The van der Waals surface area contributed by atoms with Crippen LogP contribution in [0.2, 0.25) is 0 Å². The van der Waals surface area contributed by atoms with E-state index in [1.807, 2.05) is 12.1 Å². The standard InChI is InChI=1S/C15H9F2N3S/c1-20-6-10-2-8(3-11(16)14(10)19-20)9-4-12(17)15-13(5-9)21-7-18-15/h2-7H,1H3. The van der Waals surface area contributed by atoms with Gasteiger partial charge in [-0.25, -0.2) is 13.8 Å². The van der Waals surface area contributed by atoms with E-state index in [0.29, 0.717) is 27.5 Å². The van der Waals surface area contributed by atoms with E-state index in [9.17, 15) is 8.78 Å². The summed E-state index contributed by atoms with van der Waals surface area (Å²) in [4.78, 5) is 3.98. The minimum atomic E-state index is -0.409. The van der Waals surface area contributed by atoms with E-state index in [1.165, 1.54) is 23.5 Å². The Morgan fingerprint density at radius 2 is 1.71 bits per heavy atom. The SMILES string of the molecule is Cn1cc2cc(-c3cc(F)c4ncsc4c3)cc(F)c2n1. The fourth-order valence-electron chi connectivity index (χ4n) is 2.47. The van der Waals surface area contributed by atoms with E-state index in [-0.39, 0.29) is 0 Å². The number of halogens is 2. The molecule has 0 aliphatic heterocycles. The molecule has 0 aliphatic carbocycles. The van der Waals surface area contributed by atoms with E-state index in [4.69, 9.17) is 0 Å². The first kappa shape index (κ1) is 12.4. The zero-order valence-electron chi connectivity index (χ0n) is 11.0. The third kappa shape index (κ3) is 1.91. The number of fused-ring (bicyclic) bond motifs is 2. The molecule has 104 valence electrons. The van der Waals surface area contributed by atoms with Gasteiger partial charge in [-0.3, -0.25) is 4.68 Å². The van der Waals surface area contributed by atoms with Gasteiger partial charge in [0.25, 0.3) is 0 Å². The van der Waals surface area contributed by atoms with Crippen molar-refractivity contribution in [2.75, 3.05) is 0 Å². The molecular weight excluding hydrogens is 292 g/mol. The van der Waals surface area contributed by atoms with Crippen LogP contribution in [0.15, 0.2) is 36.0 Å². The van der Waals surface area contributed by atoms with Crippen molar-refractivity contribution in [2.24, 2.45) is 7.05 Å². The summed E-state index contributed by atoms with van der Waals surface area (Å²) in [6.45, 7) is 0. The maximum Gasteiger partial charge on any atom is 0.151 e. The molecule has 0 N–H and O–H groups in total. The molecule has 0 saturated carbocycles. The molecule has 0 bridgehead atoms. The van der Waals surface area contributed by atoms with Gasteiger partial charge < -0.3 is 0 Å². The molecule has 0 radical (unpaired) electrons. The lowest BCUT2D eigenvalue weighted by atomic mass is 10.0. The van der Waals surface area contributed by atoms with Crippen LogP contribution in [-0.2, 0) is 7.05 Å². The molecule has 0 unspecified atom stereocenters. The number of thiazole rings is 1. The molecule has 2 aromatic carbocycles. The number of hydrogen-bond acceptors (Lipinski definition) is 3. The summed E-state index contributed by atoms with van der Waals surface area (Å²) >= 11 is 1.36. The van der Waals surface area contributed by atoms with Gasteiger partial charge in [0, 0.05) is 18.6 Å². The van der Waals surface area contributed by atoms with Gasteiger partial charge in [-0.15, -0.1) is 11.3 Å². The Hall–Kier alpha value is -2.34. The molecule has 4 rings (SSSR count). The lowest BCUT2D eigenvalue weighted by molar-refractivity contribution is 0.632. The number of benzene rings is 2. The predicted octanol–water partition coefficient (Wildman–Crippen LogP) is 4.13. The maximum atomic E-state index is 14.1. The van der Waals surface area contributed by atoms with Crippen molar-refractivity contribution < 1.29 is 8.78 Å². The van der Waals surface area contributed by atoms with Gasteiger partial charge >= 0.3 is 0 Å². The zero-order valence-corrected chi connectivity index (χ0v) is 11.8. The Labute approximate surface area is 122 Å². The second-order valence-corrected chi connectivity index (χ2v) is 5.74. The molecule has 0 aliphatic rings. The third-order valence-electron chi connectivity index (χ3n) is 3.40. The lowest BCUT2D eigenvalue weighted by Gasteiger charge is -2.03. The molecule has 0 saturated heterocycles. The first-order valence-electron chi connectivity index (χ1n) is 6.28. The average molecular weight is 301 g/mol. The van der Waals surface area contributed by atoms with Crippen LogP contribution in [-0.4, -0.2) is 14.8 Å². The van der Waals surface area contributed by atoms with Gasteiger partial charge in [0.2, 0.25) is 0 Å². The highest BCUT2D eigenvalue weighted by atomic mass is 32.1. The second kappa shape index (κ2) is 4.33. The van der Waals surface area contributed by atoms with Crippen molar-refractivity contribution in [3.63, 3.8) is 0 Å². The van der Waals surface area contributed by atoms with Crippen molar-refractivity contribution in [3.05, 3.63) is 47.6 Å². The molecule has 0 atom stereocenters. The van der Waals surface area contributed by atoms with Crippen LogP contribution in [0.5, 0.6) is 0 Å². The van der Waals surface area contributed by atoms with E-state index >= 15 is 0 Å². The fourth-order valence-corrected chi connectivity index (χ4v) is 3.20. The van der Waals surface area contributed by atoms with Crippen LogP contribution in [0.1, 0.15) is 0 Å². The summed E-state index contributed by atoms with van der Waals surface area (Å²) in [6, 6.07) is 6.41. The van der Waals surface area contributed by atoms with Gasteiger partial charge in [0.15, 0.2) is 11.6 Å². The molecule has 2 aromatic heterocycles. The smallest absolute Gasteiger partial charge is 0.151 e. The Balaban J connectivity index is 1.98. The Kier molecular flexibility index (Phi) is 2.56. The average Bonchev–Trinajstić information content (AvgIpc) is 3.04. The second-order valence-electron chi connectivity index (χ2n) is 4.86. The van der Waals surface area contributed by atoms with Crippen molar-refractivity contribution >= 4 is 32.5 Å². The van der Waals surface area contributed by atoms with Crippen LogP contribution in [0, 0.1) is 11.6 Å². The summed E-state index contributed by atoms with van der Waals surface area (Å²) < 4.78 is 30.4. The van der Waals surface area contributed by atoms with Gasteiger partial charge in [-0.1, -0.05) is 0 Å². The van der Waals surface area contributed by atoms with Crippen LogP contribution in [0.25, 0.3) is 32.2 Å². The largest absolute Gasteiger partial charge is 0.274 e. The normalized spacial score (nSPS) is 11.6. The van der Waals surface area contributed by atoms with Crippen LogP contribution < -0.4 is 0 Å². The van der Waals surface area contributed by atoms with Crippen molar-refractivity contribution in [2.45, 2.75) is 0 Å². The summed E-state index contributed by atoms with van der Waals surface area (Å²) in [5.74, 6) is -0.802. The van der Waals surface area contributed by atoms with Crippen LogP contribution in [0.4, 0.5) is 8.78 Å². The quantitative estimate of drug-likeness (QED) is 0.529. The number of aromatic nitrogens is 3. The van der Waals surface area contributed by atoms with Crippen molar-refractivity contribution in [3.8, 4) is 11.1 Å². The summed E-state index contributed by atoms with van der Waals surface area (Å²) in [5, 5.41) is 4.76. The van der Waals surface area contributed by atoms with Gasteiger partial charge in [0.05, 0.1) is 10.2 Å². The minimum Gasteiger partial charge on any atom is -0.274 e. The summed E-state index contributed by atoms with van der Waals surface area (Å²) in [5.41, 5.74) is 3.53. The molecule has 0 spiro atoms. The number of aryl methyl sites for hydroxylation is 1. The number of hydrogen-bond donors (Lipinski definition) is 0. The highest BCUT2D eigenvalue weighted by Crippen LogP contribution is 2.31. The molecule has 21 heavy (non-hydrogen) atoms. The summed E-state index contributed by atoms with van der Waals surface area (Å²) in [7, 11) is 1.74. The van der Waals surface area contributed by atoms with Gasteiger partial charge in [0.1, 0.15) is 11.0 Å². The topological polar surface area (TPSA) is 30.7 Å². The number of nitrogens with zero attached hydrogens (tertiary/aromatic N) is 3. The van der Waals surface area contributed by atoms with E-state index < -0.39 is 11.6 Å². The minimum absolute atomic E-state index is 0.320. The van der Waals surface area contributed by atoms with Crippen molar-refractivity contribution in [1.82, 2.24) is 14.8 Å². The third-order valence-corrected chi connectivity index (χ3v) is 4.18. The molecule has 4 aromatic rings. The van der Waals surface area contributed by atoms with Gasteiger partial charge in [-0.05, 0) is 35.4 Å². The molecular formula is C15H9F2N3S. The monoisotopic (exact) mass is 301 g/mol. The molecule has 0 amide bonds. The molecule has 3 nitrogen and oxygen atoms in total. The predicted molar refractivity (Wildman–Crippen MR) is 79.2 cm³/mol. The van der Waals surface area contributed by atoms with Gasteiger partial charge in [-0.2, -0.15) is 5.10 Å². The zero-order chi connectivity index (χ0) is 14.6.